The second-order valence-electron chi connectivity index (χ2n) is 6.00. The summed E-state index contributed by atoms with van der Waals surface area (Å²) in [6, 6.07) is 0. The Hall–Kier alpha value is -0.870. The molecule has 0 saturated heterocycles. The molecule has 0 aromatic carbocycles. The van der Waals surface area contributed by atoms with Crippen LogP contribution in [-0.2, 0) is 4.79 Å². The average Bonchev–Trinajstić information content (AvgIpc) is 2.31. The smallest absolute Gasteiger partial charge is 0.106 e. The van der Waals surface area contributed by atoms with Crippen molar-refractivity contribution < 1.29 is 19.5 Å². The van der Waals surface area contributed by atoms with Crippen LogP contribution in [0.15, 0.2) is 12.2 Å². The Morgan fingerprint density at radius 1 is 1.37 bits per heavy atom. The standard InChI is InChI=1S/C15H29NO3/c1-5-6-7-8-9-14(17)12-16(3,4)11-10-13(2)15(18)19/h7-8,13-14,17H,5-6,9-12H2,1-4H3/b8-7+. The van der Waals surface area contributed by atoms with Crippen molar-refractivity contribution in [2.45, 2.75) is 45.6 Å². The lowest BCUT2D eigenvalue weighted by Gasteiger charge is -2.32. The zero-order valence-electron chi connectivity index (χ0n) is 12.8. The molecule has 0 aliphatic carbocycles. The van der Waals surface area contributed by atoms with Crippen LogP contribution in [0, 0.1) is 5.92 Å². The van der Waals surface area contributed by atoms with Crippen molar-refractivity contribution in [2.75, 3.05) is 27.2 Å². The van der Waals surface area contributed by atoms with Crippen LogP contribution in [-0.4, -0.2) is 48.8 Å². The topological polar surface area (TPSA) is 60.4 Å². The molecule has 0 bridgehead atoms. The Bertz CT molecular complexity index is 287. The molecule has 2 unspecified atom stereocenters. The van der Waals surface area contributed by atoms with Crippen molar-refractivity contribution in [3.8, 4) is 0 Å². The molecule has 19 heavy (non-hydrogen) atoms. The molecule has 0 radical (unpaired) electrons. The maximum absolute atomic E-state index is 10.7. The molecule has 0 aliphatic rings. The molecular formula is C15H29NO3. The van der Waals surface area contributed by atoms with E-state index in [0.29, 0.717) is 23.9 Å². The third-order valence-corrected chi connectivity index (χ3v) is 3.30. The van der Waals surface area contributed by atoms with E-state index in [0.717, 1.165) is 19.4 Å². The number of unbranched alkanes of at least 4 members (excludes halogenated alkanes) is 1. The van der Waals surface area contributed by atoms with Gasteiger partial charge in [0.25, 0.3) is 0 Å². The van der Waals surface area contributed by atoms with E-state index in [-0.39, 0.29) is 6.10 Å². The fourth-order valence-corrected chi connectivity index (χ4v) is 1.94. The molecule has 2 atom stereocenters. The first-order chi connectivity index (χ1) is 8.78. The highest BCUT2D eigenvalue weighted by Crippen LogP contribution is 2.09. The molecular weight excluding hydrogens is 242 g/mol. The van der Waals surface area contributed by atoms with E-state index in [1.807, 2.05) is 20.2 Å². The first-order valence-electron chi connectivity index (χ1n) is 7.14. The summed E-state index contributed by atoms with van der Waals surface area (Å²) in [5.74, 6) is -1.43. The van der Waals surface area contributed by atoms with Gasteiger partial charge in [-0.3, -0.25) is 0 Å². The maximum Gasteiger partial charge on any atom is 0.106 e. The van der Waals surface area contributed by atoms with E-state index in [1.54, 1.807) is 6.92 Å². The fourth-order valence-electron chi connectivity index (χ4n) is 1.94. The molecule has 1 N–H and O–H groups in total. The first kappa shape index (κ1) is 18.1. The maximum atomic E-state index is 10.7. The number of aliphatic hydroxyl groups excluding tert-OH is 1. The van der Waals surface area contributed by atoms with E-state index >= 15 is 0 Å². The quantitative estimate of drug-likeness (QED) is 0.475. The fraction of sp³-hybridized carbons (Fsp3) is 0.800. The van der Waals surface area contributed by atoms with Gasteiger partial charge in [-0.25, -0.2) is 0 Å². The number of carbonyl (C=O) groups is 1. The van der Waals surface area contributed by atoms with Gasteiger partial charge in [-0.05, 0) is 12.8 Å². The lowest BCUT2D eigenvalue weighted by Crippen LogP contribution is -2.47. The number of carbonyl (C=O) groups excluding carboxylic acids is 1. The van der Waals surface area contributed by atoms with Crippen molar-refractivity contribution in [1.82, 2.24) is 0 Å². The van der Waals surface area contributed by atoms with Gasteiger partial charge in [-0.2, -0.15) is 0 Å². The number of carboxylic acid groups (broad SMARTS) is 1. The summed E-state index contributed by atoms with van der Waals surface area (Å²) in [6.07, 6.45) is 7.16. The average molecular weight is 271 g/mol. The van der Waals surface area contributed by atoms with Crippen LogP contribution in [0.1, 0.15) is 39.5 Å². The minimum atomic E-state index is -0.997. The molecule has 0 spiro atoms. The molecule has 0 fully saturated rings. The Labute approximate surface area is 117 Å². The number of hydrogen-bond donors (Lipinski definition) is 1. The van der Waals surface area contributed by atoms with Crippen LogP contribution in [0.5, 0.6) is 0 Å². The van der Waals surface area contributed by atoms with Gasteiger partial charge in [0.05, 0.1) is 20.6 Å². The van der Waals surface area contributed by atoms with Crippen molar-refractivity contribution in [3.63, 3.8) is 0 Å². The van der Waals surface area contributed by atoms with Gasteiger partial charge in [0.15, 0.2) is 0 Å². The van der Waals surface area contributed by atoms with Crippen molar-refractivity contribution in [3.05, 3.63) is 12.2 Å². The monoisotopic (exact) mass is 271 g/mol. The summed E-state index contributed by atoms with van der Waals surface area (Å²) in [7, 11) is 4.03. The molecule has 4 nitrogen and oxygen atoms in total. The van der Waals surface area contributed by atoms with Crippen LogP contribution < -0.4 is 5.11 Å². The van der Waals surface area contributed by atoms with Gasteiger partial charge in [0.2, 0.25) is 0 Å². The van der Waals surface area contributed by atoms with Crippen LogP contribution in [0.3, 0.4) is 0 Å². The van der Waals surface area contributed by atoms with Crippen molar-refractivity contribution in [2.24, 2.45) is 5.92 Å². The predicted molar refractivity (Wildman–Crippen MR) is 75.3 cm³/mol. The number of aliphatic carboxylic acids is 1. The Kier molecular flexibility index (Phi) is 8.68. The second kappa shape index (κ2) is 9.10. The van der Waals surface area contributed by atoms with Gasteiger partial charge < -0.3 is 19.5 Å². The van der Waals surface area contributed by atoms with E-state index in [2.05, 4.69) is 13.0 Å². The van der Waals surface area contributed by atoms with Gasteiger partial charge in [0, 0.05) is 18.3 Å². The zero-order valence-corrected chi connectivity index (χ0v) is 12.8. The van der Waals surface area contributed by atoms with E-state index in [1.165, 1.54) is 0 Å². The molecule has 0 aliphatic heterocycles. The van der Waals surface area contributed by atoms with Gasteiger partial charge in [0.1, 0.15) is 12.6 Å². The summed E-state index contributed by atoms with van der Waals surface area (Å²) in [5.41, 5.74) is 0. The lowest BCUT2D eigenvalue weighted by atomic mass is 10.1. The number of rotatable bonds is 10. The van der Waals surface area contributed by atoms with Crippen LogP contribution >= 0.6 is 0 Å². The number of nitrogens with zero attached hydrogens (tertiary/aromatic N) is 1. The molecule has 0 saturated carbocycles. The third kappa shape index (κ3) is 9.68. The molecule has 112 valence electrons. The number of hydrogen-bond acceptors (Lipinski definition) is 3. The Morgan fingerprint density at radius 3 is 2.53 bits per heavy atom. The molecule has 0 heterocycles. The summed E-state index contributed by atoms with van der Waals surface area (Å²) in [6.45, 7) is 5.15. The van der Waals surface area contributed by atoms with Gasteiger partial charge in [-0.15, -0.1) is 0 Å². The first-order valence-corrected chi connectivity index (χ1v) is 7.14. The minimum Gasteiger partial charge on any atom is -0.550 e. The van der Waals surface area contributed by atoms with Gasteiger partial charge in [-0.1, -0.05) is 32.4 Å². The van der Waals surface area contributed by atoms with Crippen molar-refractivity contribution >= 4 is 5.97 Å². The lowest BCUT2D eigenvalue weighted by molar-refractivity contribution is -0.893. The largest absolute Gasteiger partial charge is 0.550 e. The normalized spacial score (nSPS) is 15.6. The molecule has 0 aromatic rings. The van der Waals surface area contributed by atoms with Crippen molar-refractivity contribution in [1.29, 1.82) is 0 Å². The number of carboxylic acids is 1. The van der Waals surface area contributed by atoms with Gasteiger partial charge >= 0.3 is 0 Å². The highest BCUT2D eigenvalue weighted by atomic mass is 16.4. The third-order valence-electron chi connectivity index (χ3n) is 3.30. The number of likely N-dealkylation sites (N-methyl/N-ethyl adjacent to an activating group) is 1. The zero-order chi connectivity index (χ0) is 14.9. The number of quaternary nitrogens is 1. The van der Waals surface area contributed by atoms with Crippen LogP contribution in [0.2, 0.25) is 0 Å². The highest BCUT2D eigenvalue weighted by molar-refractivity contribution is 5.66. The van der Waals surface area contributed by atoms with E-state index in [9.17, 15) is 15.0 Å². The summed E-state index contributed by atoms with van der Waals surface area (Å²) in [4.78, 5) is 10.7. The molecule has 0 aromatic heterocycles. The summed E-state index contributed by atoms with van der Waals surface area (Å²) >= 11 is 0. The molecule has 0 rings (SSSR count). The molecule has 4 heteroatoms. The number of allylic oxidation sites excluding steroid dienone is 1. The number of aliphatic hydroxyl groups is 1. The summed E-state index contributed by atoms with van der Waals surface area (Å²) in [5, 5.41) is 20.6. The van der Waals surface area contributed by atoms with Crippen LogP contribution in [0.25, 0.3) is 0 Å². The van der Waals surface area contributed by atoms with E-state index < -0.39 is 11.9 Å². The Morgan fingerprint density at radius 2 is 2.00 bits per heavy atom. The predicted octanol–water partition coefficient (Wildman–Crippen LogP) is 0.946. The molecule has 0 amide bonds. The Balaban J connectivity index is 4.02. The second-order valence-corrected chi connectivity index (χ2v) is 6.00. The minimum absolute atomic E-state index is 0.374. The SMILES string of the molecule is CCC/C=C/CC(O)C[N+](C)(C)CCC(C)C(=O)[O-]. The summed E-state index contributed by atoms with van der Waals surface area (Å²) < 4.78 is 0.625. The van der Waals surface area contributed by atoms with Crippen LogP contribution in [0.4, 0.5) is 0 Å². The highest BCUT2D eigenvalue weighted by Gasteiger charge is 2.20. The van der Waals surface area contributed by atoms with E-state index in [4.69, 9.17) is 0 Å².